The largest absolute Gasteiger partial charge is 0.0586 e. The van der Waals surface area contributed by atoms with Gasteiger partial charge in [0.1, 0.15) is 0 Å². The predicted molar refractivity (Wildman–Crippen MR) is 60.9 cm³/mol. The Bertz CT molecular complexity index is 256. The van der Waals surface area contributed by atoms with Crippen LogP contribution < -0.4 is 0 Å². The molecule has 0 aliphatic heterocycles. The number of halogens is 2. The highest BCUT2D eigenvalue weighted by atomic mass is 127. The summed E-state index contributed by atoms with van der Waals surface area (Å²) in [4.78, 5) is 0. The van der Waals surface area contributed by atoms with Crippen molar-refractivity contribution in [3.05, 3.63) is 31.8 Å². The van der Waals surface area contributed by atoms with E-state index < -0.39 is 0 Å². The first-order valence-corrected chi connectivity index (χ1v) is 5.43. The van der Waals surface area contributed by atoms with Crippen molar-refractivity contribution in [3.63, 3.8) is 0 Å². The number of hydrogen-bond acceptors (Lipinski definition) is 0. The van der Waals surface area contributed by atoms with Crippen molar-refractivity contribution in [1.82, 2.24) is 0 Å². The molecule has 0 aliphatic carbocycles. The predicted octanol–water partition coefficient (Wildman–Crippen LogP) is 4.18. The molecule has 0 saturated heterocycles. The first-order chi connectivity index (χ1) is 5.11. The summed E-state index contributed by atoms with van der Waals surface area (Å²) >= 11 is 5.86. The van der Waals surface area contributed by atoms with Crippen molar-refractivity contribution in [3.8, 4) is 0 Å². The van der Waals surface area contributed by atoms with E-state index in [-0.39, 0.29) is 0 Å². The van der Waals surface area contributed by atoms with Crippen molar-refractivity contribution in [2.45, 2.75) is 19.8 Å². The smallest absolute Gasteiger partial charge is 0.0210 e. The third kappa shape index (κ3) is 2.44. The van der Waals surface area contributed by atoms with Crippen LogP contribution >= 0.6 is 38.5 Å². The average Bonchev–Trinajstić information content (AvgIpc) is 1.94. The standard InChI is InChI=1S/C9H10BrI/c1-6(2)8-5-7(11)3-4-9(8)10/h3-6H,1-2H3. The highest BCUT2D eigenvalue weighted by molar-refractivity contribution is 14.1. The average molecular weight is 325 g/mol. The summed E-state index contributed by atoms with van der Waals surface area (Å²) in [6, 6.07) is 6.43. The minimum atomic E-state index is 0.596. The lowest BCUT2D eigenvalue weighted by atomic mass is 10.0. The van der Waals surface area contributed by atoms with Gasteiger partial charge in [0, 0.05) is 8.04 Å². The van der Waals surface area contributed by atoms with E-state index in [0.717, 1.165) is 0 Å². The molecule has 0 saturated carbocycles. The van der Waals surface area contributed by atoms with Crippen LogP contribution in [-0.4, -0.2) is 0 Å². The van der Waals surface area contributed by atoms with Gasteiger partial charge in [0.25, 0.3) is 0 Å². The highest BCUT2D eigenvalue weighted by Crippen LogP contribution is 2.25. The molecule has 0 aliphatic rings. The number of benzene rings is 1. The van der Waals surface area contributed by atoms with Crippen LogP contribution in [0.3, 0.4) is 0 Å². The first-order valence-electron chi connectivity index (χ1n) is 3.56. The summed E-state index contributed by atoms with van der Waals surface area (Å²) in [5, 5.41) is 0. The lowest BCUT2D eigenvalue weighted by molar-refractivity contribution is 0.860. The second-order valence-corrected chi connectivity index (χ2v) is 4.92. The number of rotatable bonds is 1. The van der Waals surface area contributed by atoms with Gasteiger partial charge in [-0.2, -0.15) is 0 Å². The second kappa shape index (κ2) is 3.90. The Morgan fingerprint density at radius 3 is 2.45 bits per heavy atom. The zero-order valence-electron chi connectivity index (χ0n) is 6.57. The Morgan fingerprint density at radius 1 is 1.36 bits per heavy atom. The van der Waals surface area contributed by atoms with Gasteiger partial charge in [0.15, 0.2) is 0 Å². The summed E-state index contributed by atoms with van der Waals surface area (Å²) in [7, 11) is 0. The molecule has 0 heterocycles. The molecule has 0 bridgehead atoms. The summed E-state index contributed by atoms with van der Waals surface area (Å²) in [6.45, 7) is 4.41. The molecule has 0 atom stereocenters. The van der Waals surface area contributed by atoms with Gasteiger partial charge >= 0.3 is 0 Å². The van der Waals surface area contributed by atoms with Crippen LogP contribution in [0.2, 0.25) is 0 Å². The van der Waals surface area contributed by atoms with E-state index in [1.165, 1.54) is 13.6 Å². The van der Waals surface area contributed by atoms with Gasteiger partial charge in [-0.05, 0) is 52.3 Å². The van der Waals surface area contributed by atoms with E-state index in [1.807, 2.05) is 0 Å². The molecule has 1 rings (SSSR count). The number of hydrogen-bond donors (Lipinski definition) is 0. The molecule has 11 heavy (non-hydrogen) atoms. The van der Waals surface area contributed by atoms with Gasteiger partial charge in [-0.1, -0.05) is 29.8 Å². The van der Waals surface area contributed by atoms with Crippen LogP contribution in [0.15, 0.2) is 22.7 Å². The van der Waals surface area contributed by atoms with E-state index in [9.17, 15) is 0 Å². The molecular weight excluding hydrogens is 315 g/mol. The third-order valence-corrected chi connectivity index (χ3v) is 2.97. The van der Waals surface area contributed by atoms with Crippen LogP contribution in [-0.2, 0) is 0 Å². The highest BCUT2D eigenvalue weighted by Gasteiger charge is 2.03. The third-order valence-electron chi connectivity index (χ3n) is 1.58. The summed E-state index contributed by atoms with van der Waals surface area (Å²) in [6.07, 6.45) is 0. The fraction of sp³-hybridized carbons (Fsp3) is 0.333. The fourth-order valence-corrected chi connectivity index (χ4v) is 2.18. The van der Waals surface area contributed by atoms with E-state index in [4.69, 9.17) is 0 Å². The van der Waals surface area contributed by atoms with Crippen molar-refractivity contribution in [1.29, 1.82) is 0 Å². The maximum Gasteiger partial charge on any atom is 0.0210 e. The minimum absolute atomic E-state index is 0.596. The van der Waals surface area contributed by atoms with Gasteiger partial charge in [-0.15, -0.1) is 0 Å². The lowest BCUT2D eigenvalue weighted by Gasteiger charge is -2.07. The van der Waals surface area contributed by atoms with Crippen molar-refractivity contribution in [2.75, 3.05) is 0 Å². The summed E-state index contributed by atoms with van der Waals surface area (Å²) in [5.41, 5.74) is 1.39. The molecule has 2 heteroatoms. The Balaban J connectivity index is 3.13. The van der Waals surface area contributed by atoms with Gasteiger partial charge in [0.2, 0.25) is 0 Å². The van der Waals surface area contributed by atoms with E-state index in [2.05, 4.69) is 70.6 Å². The maximum absolute atomic E-state index is 3.53. The van der Waals surface area contributed by atoms with Gasteiger partial charge in [0.05, 0.1) is 0 Å². The van der Waals surface area contributed by atoms with Gasteiger partial charge < -0.3 is 0 Å². The molecular formula is C9H10BrI. The molecule has 60 valence electrons. The van der Waals surface area contributed by atoms with E-state index in [0.29, 0.717) is 5.92 Å². The molecule has 0 unspecified atom stereocenters. The summed E-state index contributed by atoms with van der Waals surface area (Å²) < 4.78 is 2.52. The topological polar surface area (TPSA) is 0 Å². The minimum Gasteiger partial charge on any atom is -0.0586 e. The second-order valence-electron chi connectivity index (χ2n) is 2.82. The molecule has 0 fully saturated rings. The van der Waals surface area contributed by atoms with Crippen LogP contribution in [0.4, 0.5) is 0 Å². The molecule has 0 nitrogen and oxygen atoms in total. The molecule has 0 N–H and O–H groups in total. The van der Waals surface area contributed by atoms with Crippen LogP contribution in [0.25, 0.3) is 0 Å². The Labute approximate surface area is 89.7 Å². The molecule has 0 amide bonds. The quantitative estimate of drug-likeness (QED) is 0.680. The van der Waals surface area contributed by atoms with E-state index >= 15 is 0 Å². The maximum atomic E-state index is 3.53. The van der Waals surface area contributed by atoms with Crippen LogP contribution in [0, 0.1) is 3.57 Å². The van der Waals surface area contributed by atoms with Crippen LogP contribution in [0.5, 0.6) is 0 Å². The van der Waals surface area contributed by atoms with Gasteiger partial charge in [-0.25, -0.2) is 0 Å². The van der Waals surface area contributed by atoms with Crippen molar-refractivity contribution < 1.29 is 0 Å². The summed E-state index contributed by atoms with van der Waals surface area (Å²) in [5.74, 6) is 0.596. The molecule has 0 aromatic heterocycles. The SMILES string of the molecule is CC(C)c1cc(I)ccc1Br. The van der Waals surface area contributed by atoms with E-state index in [1.54, 1.807) is 0 Å². The molecule has 1 aromatic carbocycles. The zero-order valence-corrected chi connectivity index (χ0v) is 10.3. The van der Waals surface area contributed by atoms with Gasteiger partial charge in [-0.3, -0.25) is 0 Å². The zero-order chi connectivity index (χ0) is 8.43. The molecule has 0 spiro atoms. The van der Waals surface area contributed by atoms with Crippen molar-refractivity contribution in [2.24, 2.45) is 0 Å². The monoisotopic (exact) mass is 324 g/mol. The fourth-order valence-electron chi connectivity index (χ4n) is 0.957. The Hall–Kier alpha value is 0.430. The first kappa shape index (κ1) is 9.52. The molecule has 0 radical (unpaired) electrons. The molecule has 1 aromatic rings. The van der Waals surface area contributed by atoms with Crippen LogP contribution in [0.1, 0.15) is 25.3 Å². The lowest BCUT2D eigenvalue weighted by Crippen LogP contribution is -1.89. The normalized spacial score (nSPS) is 10.6. The Kier molecular flexibility index (Phi) is 3.37. The van der Waals surface area contributed by atoms with Crippen molar-refractivity contribution >= 4 is 38.5 Å². The Morgan fingerprint density at radius 2 is 2.00 bits per heavy atom.